The lowest BCUT2D eigenvalue weighted by atomic mass is 9.92. The molecule has 1 aromatic heterocycles. The van der Waals surface area contributed by atoms with Crippen LogP contribution in [0.5, 0.6) is 11.5 Å². The van der Waals surface area contributed by atoms with Crippen molar-refractivity contribution in [1.82, 2.24) is 15.2 Å². The smallest absolute Gasteiger partial charge is 0.387 e. The molecule has 9 nitrogen and oxygen atoms in total. The Morgan fingerprint density at radius 3 is 2.16 bits per heavy atom. The number of nitrogens with one attached hydrogen (secondary N) is 1. The summed E-state index contributed by atoms with van der Waals surface area (Å²) in [5, 5.41) is 2.60. The normalized spacial score (nSPS) is 22.4. The van der Waals surface area contributed by atoms with E-state index >= 15 is 8.78 Å². The Kier molecular flexibility index (Phi) is 8.95. The molecule has 0 saturated carbocycles. The van der Waals surface area contributed by atoms with Crippen molar-refractivity contribution in [3.63, 3.8) is 0 Å². The van der Waals surface area contributed by atoms with Gasteiger partial charge in [0.25, 0.3) is 11.8 Å². The Balaban J connectivity index is 1.46. The van der Waals surface area contributed by atoms with Crippen LogP contribution in [0.3, 0.4) is 0 Å². The number of carbonyl (C=O) groups is 2. The van der Waals surface area contributed by atoms with Crippen molar-refractivity contribution < 1.29 is 36.6 Å². The Labute approximate surface area is 252 Å². The number of hydrogen-bond donors (Lipinski definition) is 1. The van der Waals surface area contributed by atoms with Gasteiger partial charge in [-0.25, -0.2) is 13.8 Å². The van der Waals surface area contributed by atoms with Gasteiger partial charge in [0, 0.05) is 60.9 Å². The maximum absolute atomic E-state index is 15.3. The Morgan fingerprint density at radius 1 is 0.955 bits per heavy atom. The van der Waals surface area contributed by atoms with Gasteiger partial charge in [0.15, 0.2) is 0 Å². The first-order valence-corrected chi connectivity index (χ1v) is 14.1. The molecule has 4 atom stereocenters. The number of halogens is 4. The second kappa shape index (κ2) is 12.7. The number of pyridine rings is 1. The summed E-state index contributed by atoms with van der Waals surface area (Å²) in [6, 6.07) is 11.3. The highest BCUT2D eigenvalue weighted by Gasteiger charge is 2.46. The van der Waals surface area contributed by atoms with E-state index < -0.39 is 42.0 Å². The van der Waals surface area contributed by atoms with E-state index in [1.165, 1.54) is 36.3 Å². The van der Waals surface area contributed by atoms with Crippen LogP contribution in [-0.2, 0) is 4.79 Å². The molecule has 0 radical (unpaired) electrons. The molecule has 1 unspecified atom stereocenters. The molecule has 0 aliphatic carbocycles. The van der Waals surface area contributed by atoms with E-state index in [1.54, 1.807) is 12.1 Å². The lowest BCUT2D eigenvalue weighted by molar-refractivity contribution is -0.118. The van der Waals surface area contributed by atoms with Gasteiger partial charge in [0.05, 0.1) is 7.11 Å². The summed E-state index contributed by atoms with van der Waals surface area (Å²) < 4.78 is 65.1. The van der Waals surface area contributed by atoms with Gasteiger partial charge in [-0.05, 0) is 57.3 Å². The van der Waals surface area contributed by atoms with Gasteiger partial charge in [0.1, 0.15) is 40.8 Å². The number of benzene rings is 2. The average Bonchev–Trinajstić information content (AvgIpc) is 3.30. The number of methoxy groups -OCH3 is 1. The maximum atomic E-state index is 15.3. The van der Waals surface area contributed by atoms with Crippen molar-refractivity contribution >= 4 is 23.5 Å². The molecule has 3 aromatic rings. The molecule has 3 heterocycles. The van der Waals surface area contributed by atoms with Gasteiger partial charge in [-0.2, -0.15) is 8.78 Å². The van der Waals surface area contributed by atoms with Crippen LogP contribution < -0.4 is 24.6 Å². The van der Waals surface area contributed by atoms with E-state index in [-0.39, 0.29) is 47.1 Å². The second-order valence-electron chi connectivity index (χ2n) is 11.0. The predicted octanol–water partition coefficient (Wildman–Crippen LogP) is 4.43. The molecule has 234 valence electrons. The van der Waals surface area contributed by atoms with E-state index in [4.69, 9.17) is 9.72 Å². The van der Waals surface area contributed by atoms with E-state index in [0.29, 0.717) is 5.82 Å². The lowest BCUT2D eigenvalue weighted by Crippen LogP contribution is -2.55. The molecule has 2 fully saturated rings. The van der Waals surface area contributed by atoms with Gasteiger partial charge in [-0.3, -0.25) is 19.4 Å². The van der Waals surface area contributed by atoms with Gasteiger partial charge >= 0.3 is 6.61 Å². The molecule has 0 bridgehead atoms. The highest BCUT2D eigenvalue weighted by atomic mass is 19.3. The second-order valence-corrected chi connectivity index (χ2v) is 11.0. The van der Waals surface area contributed by atoms with Gasteiger partial charge in [-0.15, -0.1) is 0 Å². The first-order valence-electron chi connectivity index (χ1n) is 14.1. The monoisotopic (exact) mass is 615 g/mol. The van der Waals surface area contributed by atoms with E-state index in [9.17, 15) is 18.4 Å². The highest BCUT2D eigenvalue weighted by Crippen LogP contribution is 2.37. The molecule has 13 heteroatoms. The number of rotatable bonds is 8. The minimum absolute atomic E-state index is 0.0331. The predicted molar refractivity (Wildman–Crippen MR) is 155 cm³/mol. The van der Waals surface area contributed by atoms with Crippen LogP contribution in [0.15, 0.2) is 54.6 Å². The van der Waals surface area contributed by atoms with Crippen molar-refractivity contribution in [2.75, 3.05) is 43.6 Å². The summed E-state index contributed by atoms with van der Waals surface area (Å²) in [6.45, 7) is 2.46. The van der Waals surface area contributed by atoms with Crippen molar-refractivity contribution in [2.45, 2.75) is 44.5 Å². The number of anilines is 2. The van der Waals surface area contributed by atoms with Crippen LogP contribution in [-0.4, -0.2) is 80.2 Å². The molecule has 0 spiro atoms. The third-order valence-electron chi connectivity index (χ3n) is 8.28. The zero-order valence-corrected chi connectivity index (χ0v) is 24.6. The number of hydrogen-bond acceptors (Lipinski definition) is 7. The molecule has 2 aliphatic heterocycles. The minimum Gasteiger partial charge on any atom is -0.497 e. The van der Waals surface area contributed by atoms with Crippen molar-refractivity contribution in [1.29, 1.82) is 0 Å². The number of amides is 2. The van der Waals surface area contributed by atoms with Crippen molar-refractivity contribution in [2.24, 2.45) is 0 Å². The first-order chi connectivity index (χ1) is 21.0. The topological polar surface area (TPSA) is 87.2 Å². The number of piperazine rings is 1. The van der Waals surface area contributed by atoms with Crippen LogP contribution >= 0.6 is 0 Å². The summed E-state index contributed by atoms with van der Waals surface area (Å²) in [5.74, 6) is -3.62. The van der Waals surface area contributed by atoms with E-state index in [2.05, 4.69) is 40.7 Å². The van der Waals surface area contributed by atoms with Gasteiger partial charge in [-0.1, -0.05) is 6.07 Å². The minimum atomic E-state index is -3.04. The van der Waals surface area contributed by atoms with Crippen LogP contribution in [0.4, 0.5) is 29.2 Å². The van der Waals surface area contributed by atoms with Crippen molar-refractivity contribution in [3.05, 3.63) is 77.4 Å². The first kappa shape index (κ1) is 31.0. The average molecular weight is 616 g/mol. The molecule has 2 saturated heterocycles. The zero-order valence-electron chi connectivity index (χ0n) is 24.6. The molecule has 2 amide bonds. The Hall–Kier alpha value is -4.39. The fraction of sp³-hybridized carbons (Fsp3) is 0.387. The molecule has 1 N–H and O–H groups in total. The summed E-state index contributed by atoms with van der Waals surface area (Å²) in [6.07, 6.45) is 0. The van der Waals surface area contributed by atoms with Crippen LogP contribution in [0.25, 0.3) is 0 Å². The molecule has 2 aliphatic rings. The fourth-order valence-corrected chi connectivity index (χ4v) is 5.73. The molecule has 44 heavy (non-hydrogen) atoms. The van der Waals surface area contributed by atoms with Crippen LogP contribution in [0, 0.1) is 11.6 Å². The molecule has 5 rings (SSSR count). The zero-order chi connectivity index (χ0) is 31.7. The quantitative estimate of drug-likeness (QED) is 0.376. The third kappa shape index (κ3) is 6.28. The number of nitrogens with zero attached hydrogens (tertiary/aromatic N) is 4. The number of aromatic nitrogens is 1. The summed E-state index contributed by atoms with van der Waals surface area (Å²) in [7, 11) is 3.34. The van der Waals surface area contributed by atoms with Crippen LogP contribution in [0.1, 0.15) is 35.7 Å². The largest absolute Gasteiger partial charge is 0.497 e. The molecular formula is C31H33F4N5O4. The van der Waals surface area contributed by atoms with Crippen molar-refractivity contribution in [3.8, 4) is 11.5 Å². The van der Waals surface area contributed by atoms with E-state index in [0.717, 1.165) is 25.2 Å². The Morgan fingerprint density at radius 2 is 1.57 bits per heavy atom. The summed E-state index contributed by atoms with van der Waals surface area (Å²) in [5.41, 5.74) is -0.351. The highest BCUT2D eigenvalue weighted by molar-refractivity contribution is 6.04. The van der Waals surface area contributed by atoms with Gasteiger partial charge in [0.2, 0.25) is 0 Å². The molecule has 2 aromatic carbocycles. The summed E-state index contributed by atoms with van der Waals surface area (Å²) >= 11 is 0. The fourth-order valence-electron chi connectivity index (χ4n) is 5.73. The number of likely N-dealkylation sites (N-methyl/N-ethyl adjacent to an activating group) is 1. The number of ether oxygens (including phenoxy) is 2. The Bertz CT molecular complexity index is 1490. The SMILES string of the molecule is COc1cc(F)c([C@@H]2CN(c3cccc(N4C[C@@H](C)N(C)[C@@H](C)C4)n3)C(=O)C2NC(=O)c2ccc(OC(F)F)cc2)c(F)c1. The van der Waals surface area contributed by atoms with Crippen LogP contribution in [0.2, 0.25) is 0 Å². The van der Waals surface area contributed by atoms with E-state index in [1.807, 2.05) is 6.07 Å². The number of carbonyl (C=O) groups excluding carboxylic acids is 2. The third-order valence-corrected chi connectivity index (χ3v) is 8.28. The summed E-state index contributed by atoms with van der Waals surface area (Å²) in [4.78, 5) is 37.6. The standard InChI is InChI=1S/C31H33F4N5O4/c1-17-14-39(15-18(2)38(17)3)25-6-5-7-26(36-25)40-16-22(27-23(32)12-21(43-4)13-24(27)33)28(30(40)42)37-29(41)19-8-10-20(11-9-19)44-31(34)35/h5-13,17-18,22,28,31H,14-16H2,1-4H3,(H,37,41)/t17-,18+,22-,28?/m0/s1. The van der Waals surface area contributed by atoms with Gasteiger partial charge < -0.3 is 19.7 Å². The lowest BCUT2D eigenvalue weighted by Gasteiger charge is -2.43. The molecular weight excluding hydrogens is 582 g/mol. The maximum Gasteiger partial charge on any atom is 0.387 e. The number of alkyl halides is 2.